The van der Waals surface area contributed by atoms with Crippen LogP contribution >= 0.6 is 0 Å². The molecule has 1 heterocycles. The summed E-state index contributed by atoms with van der Waals surface area (Å²) in [5, 5.41) is 12.4. The molecular weight excluding hydrogens is 440 g/mol. The Balaban J connectivity index is 1.68. The fraction of sp³-hybridized carbons (Fsp3) is 0.292. The van der Waals surface area contributed by atoms with Crippen molar-refractivity contribution < 1.29 is 19.4 Å². The number of anilines is 2. The topological polar surface area (TPSA) is 129 Å². The number of amides is 1. The Morgan fingerprint density at radius 2 is 1.65 bits per heavy atom. The highest BCUT2D eigenvalue weighted by atomic mass is 16.6. The summed E-state index contributed by atoms with van der Waals surface area (Å²) >= 11 is 0. The molecule has 10 heteroatoms. The van der Waals surface area contributed by atoms with E-state index in [1.54, 1.807) is 62.7 Å². The van der Waals surface area contributed by atoms with E-state index < -0.39 is 29.0 Å². The average molecular weight is 466 g/mol. The van der Waals surface area contributed by atoms with Gasteiger partial charge in [0, 0.05) is 46.5 Å². The van der Waals surface area contributed by atoms with E-state index >= 15 is 0 Å². The van der Waals surface area contributed by atoms with E-state index in [-0.39, 0.29) is 17.8 Å². The lowest BCUT2D eigenvalue weighted by molar-refractivity contribution is -0.137. The summed E-state index contributed by atoms with van der Waals surface area (Å²) in [5.74, 6) is -0.843. The van der Waals surface area contributed by atoms with E-state index in [1.165, 1.54) is 4.90 Å². The molecule has 10 nitrogen and oxygen atoms in total. The largest absolute Gasteiger partial charge is 0.480 e. The Bertz CT molecular complexity index is 1220. The minimum absolute atomic E-state index is 0.00571. The minimum atomic E-state index is -1.17. The number of nitrogens with one attached hydrogen (secondary N) is 1. The highest BCUT2D eigenvalue weighted by Crippen LogP contribution is 2.22. The molecule has 0 radical (unpaired) electrons. The van der Waals surface area contributed by atoms with Gasteiger partial charge in [-0.25, -0.2) is 9.59 Å². The number of nitrogens with zero attached hydrogens (tertiary/aromatic N) is 3. The van der Waals surface area contributed by atoms with Gasteiger partial charge in [-0.2, -0.15) is 0 Å². The van der Waals surface area contributed by atoms with E-state index in [2.05, 4.69) is 10.3 Å². The number of hydrogen-bond acceptors (Lipinski definition) is 8. The molecule has 0 fully saturated rings. The number of carbonyl (C=O) groups excluding carboxylic acids is 1. The van der Waals surface area contributed by atoms with Gasteiger partial charge in [0.05, 0.1) is 0 Å². The molecule has 1 atom stereocenters. The van der Waals surface area contributed by atoms with Gasteiger partial charge in [-0.05, 0) is 41.8 Å². The predicted molar refractivity (Wildman–Crippen MR) is 127 cm³/mol. The first kappa shape index (κ1) is 24.4. The van der Waals surface area contributed by atoms with Crippen LogP contribution < -0.4 is 25.8 Å². The Labute approximate surface area is 196 Å². The molecule has 1 amide bonds. The van der Waals surface area contributed by atoms with Crippen molar-refractivity contribution in [1.29, 1.82) is 0 Å². The lowest BCUT2D eigenvalue weighted by Crippen LogP contribution is -2.45. The van der Waals surface area contributed by atoms with Gasteiger partial charge >= 0.3 is 12.1 Å². The second-order valence-electron chi connectivity index (χ2n) is 8.05. The molecule has 34 heavy (non-hydrogen) atoms. The predicted octanol–water partition coefficient (Wildman–Crippen LogP) is 1.52. The third-order valence-corrected chi connectivity index (χ3v) is 5.30. The van der Waals surface area contributed by atoms with Crippen molar-refractivity contribution in [2.45, 2.75) is 18.9 Å². The van der Waals surface area contributed by atoms with Crippen LogP contribution in [0.1, 0.15) is 11.1 Å². The number of ether oxygens (including phenoxy) is 1. The van der Waals surface area contributed by atoms with Gasteiger partial charge in [-0.3, -0.25) is 14.6 Å². The monoisotopic (exact) mass is 466 g/mol. The molecule has 0 saturated heterocycles. The molecule has 0 bridgehead atoms. The van der Waals surface area contributed by atoms with Crippen molar-refractivity contribution in [2.24, 2.45) is 0 Å². The molecule has 3 rings (SSSR count). The molecule has 2 N–H and O–H groups in total. The molecule has 0 unspecified atom stereocenters. The Kier molecular flexibility index (Phi) is 7.62. The highest BCUT2D eigenvalue weighted by molar-refractivity contribution is 5.83. The number of carbonyl (C=O) groups is 2. The summed E-state index contributed by atoms with van der Waals surface area (Å²) < 4.78 is 5.15. The summed E-state index contributed by atoms with van der Waals surface area (Å²) in [6.45, 7) is 0.467. The lowest BCUT2D eigenvalue weighted by Gasteiger charge is -2.25. The summed E-state index contributed by atoms with van der Waals surface area (Å²) in [7, 11) is 4.81. The SMILES string of the molecule is CN(C)C(=O)Oc1ccc(C[C@H](Nc2c(N(C)CCc3ccncc3)c(=O)c2=O)C(=O)O)cc1. The van der Waals surface area contributed by atoms with Crippen molar-refractivity contribution in [3.63, 3.8) is 0 Å². The van der Waals surface area contributed by atoms with Crippen molar-refractivity contribution in [1.82, 2.24) is 9.88 Å². The number of pyridine rings is 1. The summed E-state index contributed by atoms with van der Waals surface area (Å²) in [6, 6.07) is 8.99. The molecule has 1 aromatic heterocycles. The van der Waals surface area contributed by atoms with Gasteiger partial charge in [0.15, 0.2) is 0 Å². The average Bonchev–Trinajstić information content (AvgIpc) is 2.82. The van der Waals surface area contributed by atoms with Crippen molar-refractivity contribution in [2.75, 3.05) is 37.9 Å². The number of likely N-dealkylation sites (N-methyl/N-ethyl adjacent to an activating group) is 1. The Morgan fingerprint density at radius 1 is 1.00 bits per heavy atom. The molecule has 0 aliphatic rings. The van der Waals surface area contributed by atoms with Crippen LogP contribution in [0, 0.1) is 0 Å². The van der Waals surface area contributed by atoms with E-state index in [1.807, 2.05) is 12.1 Å². The van der Waals surface area contributed by atoms with Crippen LogP contribution in [0.5, 0.6) is 5.75 Å². The first-order valence-electron chi connectivity index (χ1n) is 10.6. The Hall–Kier alpha value is -4.21. The van der Waals surface area contributed by atoms with Crippen LogP contribution in [0.15, 0.2) is 58.4 Å². The number of aromatic nitrogens is 1. The fourth-order valence-electron chi connectivity index (χ4n) is 3.33. The van der Waals surface area contributed by atoms with Crippen LogP contribution in [0.3, 0.4) is 0 Å². The first-order valence-corrected chi connectivity index (χ1v) is 10.6. The van der Waals surface area contributed by atoms with Crippen LogP contribution in [0.4, 0.5) is 16.2 Å². The standard InChI is InChI=1S/C24H26N4O6/c1-27(2)24(33)34-17-6-4-16(5-7-17)14-18(23(31)32)26-19-20(22(30)21(19)29)28(3)13-10-15-8-11-25-12-9-15/h4-9,11-12,18,26H,10,13-14H2,1-3H3,(H,31,32)/t18-/m0/s1. The highest BCUT2D eigenvalue weighted by Gasteiger charge is 2.28. The molecule has 0 spiro atoms. The molecule has 2 aromatic carbocycles. The van der Waals surface area contributed by atoms with Gasteiger partial charge < -0.3 is 25.0 Å². The van der Waals surface area contributed by atoms with E-state index in [0.29, 0.717) is 24.3 Å². The number of rotatable bonds is 10. The van der Waals surface area contributed by atoms with E-state index in [0.717, 1.165) is 5.56 Å². The quantitative estimate of drug-likeness (QED) is 0.427. The third-order valence-electron chi connectivity index (χ3n) is 5.30. The Morgan fingerprint density at radius 3 is 2.24 bits per heavy atom. The maximum absolute atomic E-state index is 12.2. The minimum Gasteiger partial charge on any atom is -0.480 e. The second kappa shape index (κ2) is 10.6. The van der Waals surface area contributed by atoms with Crippen LogP contribution in [-0.4, -0.2) is 60.8 Å². The number of carboxylic acid groups (broad SMARTS) is 1. The van der Waals surface area contributed by atoms with Crippen molar-refractivity contribution >= 4 is 23.4 Å². The first-order chi connectivity index (χ1) is 16.2. The van der Waals surface area contributed by atoms with Crippen molar-refractivity contribution in [3.8, 4) is 5.75 Å². The normalized spacial score (nSPS) is 11.6. The fourth-order valence-corrected chi connectivity index (χ4v) is 3.33. The number of benzene rings is 1. The zero-order valence-corrected chi connectivity index (χ0v) is 19.1. The smallest absolute Gasteiger partial charge is 0.414 e. The summed E-state index contributed by atoms with van der Waals surface area (Å²) in [6.07, 6.45) is 3.50. The van der Waals surface area contributed by atoms with Gasteiger partial charge in [-0.15, -0.1) is 0 Å². The maximum atomic E-state index is 12.2. The molecular formula is C24H26N4O6. The third kappa shape index (κ3) is 5.77. The zero-order chi connectivity index (χ0) is 24.8. The molecule has 0 aliphatic heterocycles. The zero-order valence-electron chi connectivity index (χ0n) is 19.1. The summed E-state index contributed by atoms with van der Waals surface area (Å²) in [4.78, 5) is 54.8. The van der Waals surface area contributed by atoms with Crippen LogP contribution in [0.2, 0.25) is 0 Å². The van der Waals surface area contributed by atoms with Gasteiger partial charge in [0.2, 0.25) is 0 Å². The van der Waals surface area contributed by atoms with Crippen LogP contribution in [-0.2, 0) is 17.6 Å². The van der Waals surface area contributed by atoms with Gasteiger partial charge in [0.1, 0.15) is 23.2 Å². The lowest BCUT2D eigenvalue weighted by atomic mass is 10.0. The molecule has 0 saturated carbocycles. The number of hydrogen-bond donors (Lipinski definition) is 2. The van der Waals surface area contributed by atoms with E-state index in [4.69, 9.17) is 4.74 Å². The summed E-state index contributed by atoms with van der Waals surface area (Å²) in [5.41, 5.74) is 0.482. The van der Waals surface area contributed by atoms with Crippen molar-refractivity contribution in [3.05, 3.63) is 80.4 Å². The van der Waals surface area contributed by atoms with Crippen LogP contribution in [0.25, 0.3) is 0 Å². The van der Waals surface area contributed by atoms with Gasteiger partial charge in [0.25, 0.3) is 10.9 Å². The number of aliphatic carboxylic acids is 1. The molecule has 178 valence electrons. The number of carboxylic acids is 1. The van der Waals surface area contributed by atoms with Gasteiger partial charge in [-0.1, -0.05) is 12.1 Å². The second-order valence-corrected chi connectivity index (χ2v) is 8.05. The molecule has 0 aliphatic carbocycles. The molecule has 3 aromatic rings. The maximum Gasteiger partial charge on any atom is 0.414 e. The van der Waals surface area contributed by atoms with E-state index in [9.17, 15) is 24.3 Å².